The third-order valence-electron chi connectivity index (χ3n) is 1.72. The molecular weight excluding hydrogens is 230 g/mol. The normalized spacial score (nSPS) is 11.9. The number of amides is 1. The Kier molecular flexibility index (Phi) is 4.87. The Morgan fingerprint density at radius 2 is 2.44 bits per heavy atom. The van der Waals surface area contributed by atoms with Crippen LogP contribution >= 0.6 is 11.3 Å². The van der Waals surface area contributed by atoms with Crippen LogP contribution in [0.25, 0.3) is 0 Å². The fourth-order valence-corrected chi connectivity index (χ4v) is 1.51. The number of rotatable bonds is 5. The van der Waals surface area contributed by atoms with Crippen molar-refractivity contribution in [2.75, 3.05) is 6.61 Å². The first-order valence-electron chi connectivity index (χ1n) is 4.73. The van der Waals surface area contributed by atoms with E-state index in [0.29, 0.717) is 0 Å². The van der Waals surface area contributed by atoms with Crippen LogP contribution < -0.4 is 11.1 Å². The van der Waals surface area contributed by atoms with E-state index in [1.807, 2.05) is 0 Å². The van der Waals surface area contributed by atoms with Gasteiger partial charge >= 0.3 is 5.97 Å². The van der Waals surface area contributed by atoms with Gasteiger partial charge in [-0.15, -0.1) is 11.3 Å². The molecule has 0 aromatic carbocycles. The Balaban J connectivity index is 2.37. The fraction of sp³-hybridized carbons (Fsp3) is 0.444. The monoisotopic (exact) mass is 243 g/mol. The largest absolute Gasteiger partial charge is 0.464 e. The number of hydrogen-bond acceptors (Lipinski definition) is 6. The molecule has 1 unspecified atom stereocenters. The first-order valence-corrected chi connectivity index (χ1v) is 5.61. The van der Waals surface area contributed by atoms with Gasteiger partial charge in [0.1, 0.15) is 5.01 Å². The summed E-state index contributed by atoms with van der Waals surface area (Å²) in [6.45, 7) is 2.12. The number of thiazole rings is 1. The molecule has 1 aromatic rings. The highest BCUT2D eigenvalue weighted by molar-refractivity contribution is 7.09. The molecule has 0 radical (unpaired) electrons. The van der Waals surface area contributed by atoms with Crippen LogP contribution in [0.1, 0.15) is 11.9 Å². The lowest BCUT2D eigenvalue weighted by atomic mass is 10.3. The van der Waals surface area contributed by atoms with Crippen molar-refractivity contribution in [2.24, 2.45) is 5.73 Å². The molecule has 0 aliphatic rings. The van der Waals surface area contributed by atoms with Gasteiger partial charge in [-0.3, -0.25) is 4.79 Å². The first-order chi connectivity index (χ1) is 7.65. The molecular formula is C9H13N3O3S. The predicted molar refractivity (Wildman–Crippen MR) is 58.6 cm³/mol. The summed E-state index contributed by atoms with van der Waals surface area (Å²) < 4.78 is 4.62. The Bertz CT molecular complexity index is 353. The van der Waals surface area contributed by atoms with Gasteiger partial charge in [-0.2, -0.15) is 0 Å². The number of carbonyl (C=O) groups is 2. The number of nitrogens with one attached hydrogen (secondary N) is 1. The van der Waals surface area contributed by atoms with Gasteiger partial charge in [-0.1, -0.05) is 0 Å². The van der Waals surface area contributed by atoms with E-state index in [-0.39, 0.29) is 13.2 Å². The third-order valence-corrected chi connectivity index (χ3v) is 2.50. The second kappa shape index (κ2) is 6.19. The molecule has 1 amide bonds. The van der Waals surface area contributed by atoms with Crippen molar-refractivity contribution in [3.05, 3.63) is 16.6 Å². The zero-order valence-electron chi connectivity index (χ0n) is 8.80. The molecule has 1 aromatic heterocycles. The summed E-state index contributed by atoms with van der Waals surface area (Å²) in [5.41, 5.74) is 5.38. The zero-order valence-corrected chi connectivity index (χ0v) is 9.62. The Morgan fingerprint density at radius 1 is 1.69 bits per heavy atom. The standard InChI is InChI=1S/C9H13N3O3S/c1-2-15-9(14)7(10)8(13)12-5-6-11-3-4-16-6/h3-4,7H,2,5,10H2,1H3,(H,12,13). The molecule has 0 aliphatic heterocycles. The molecule has 0 aliphatic carbocycles. The van der Waals surface area contributed by atoms with Crippen molar-refractivity contribution in [3.8, 4) is 0 Å². The summed E-state index contributed by atoms with van der Waals surface area (Å²) in [6, 6.07) is -1.28. The molecule has 0 fully saturated rings. The summed E-state index contributed by atoms with van der Waals surface area (Å²) in [4.78, 5) is 26.5. The van der Waals surface area contributed by atoms with Gasteiger partial charge in [0.2, 0.25) is 5.91 Å². The molecule has 0 spiro atoms. The van der Waals surface area contributed by atoms with Crippen molar-refractivity contribution in [3.63, 3.8) is 0 Å². The summed E-state index contributed by atoms with van der Waals surface area (Å²) >= 11 is 1.41. The highest BCUT2D eigenvalue weighted by Gasteiger charge is 2.22. The maximum atomic E-state index is 11.4. The quantitative estimate of drug-likeness (QED) is 0.544. The first kappa shape index (κ1) is 12.6. The number of ether oxygens (including phenoxy) is 1. The number of carbonyl (C=O) groups excluding carboxylic acids is 2. The molecule has 0 bridgehead atoms. The minimum absolute atomic E-state index is 0.201. The van der Waals surface area contributed by atoms with Gasteiger partial charge in [0.25, 0.3) is 0 Å². The molecule has 3 N–H and O–H groups in total. The molecule has 16 heavy (non-hydrogen) atoms. The van der Waals surface area contributed by atoms with Crippen molar-refractivity contribution in [1.82, 2.24) is 10.3 Å². The topological polar surface area (TPSA) is 94.3 Å². The summed E-state index contributed by atoms with van der Waals surface area (Å²) in [6.07, 6.45) is 1.64. The SMILES string of the molecule is CCOC(=O)C(N)C(=O)NCc1nccs1. The number of aromatic nitrogens is 1. The zero-order chi connectivity index (χ0) is 12.0. The summed E-state index contributed by atoms with van der Waals surface area (Å²) in [5, 5.41) is 5.06. The summed E-state index contributed by atoms with van der Waals surface area (Å²) in [7, 11) is 0. The lowest BCUT2D eigenvalue weighted by Gasteiger charge is -2.09. The Morgan fingerprint density at radius 3 is 3.00 bits per heavy atom. The number of nitrogens with two attached hydrogens (primary N) is 1. The summed E-state index contributed by atoms with van der Waals surface area (Å²) in [5.74, 6) is -1.28. The van der Waals surface area contributed by atoms with Crippen LogP contribution in [-0.2, 0) is 20.9 Å². The third kappa shape index (κ3) is 3.59. The maximum absolute atomic E-state index is 11.4. The van der Waals surface area contributed by atoms with Crippen molar-refractivity contribution in [1.29, 1.82) is 0 Å². The van der Waals surface area contributed by atoms with Crippen molar-refractivity contribution >= 4 is 23.2 Å². The van der Waals surface area contributed by atoms with E-state index in [2.05, 4.69) is 15.0 Å². The van der Waals surface area contributed by atoms with E-state index < -0.39 is 17.9 Å². The highest BCUT2D eigenvalue weighted by Crippen LogP contribution is 2.02. The van der Waals surface area contributed by atoms with Gasteiger partial charge in [0.15, 0.2) is 6.04 Å². The van der Waals surface area contributed by atoms with Gasteiger partial charge in [-0.25, -0.2) is 9.78 Å². The van der Waals surface area contributed by atoms with Crippen molar-refractivity contribution < 1.29 is 14.3 Å². The number of esters is 1. The van der Waals surface area contributed by atoms with E-state index in [4.69, 9.17) is 5.73 Å². The van der Waals surface area contributed by atoms with Gasteiger partial charge < -0.3 is 15.8 Å². The molecule has 1 rings (SSSR count). The van der Waals surface area contributed by atoms with Crippen molar-refractivity contribution in [2.45, 2.75) is 19.5 Å². The Labute approximate surface area is 96.8 Å². The van der Waals surface area contributed by atoms with Crippen LogP contribution in [0.3, 0.4) is 0 Å². The van der Waals surface area contributed by atoms with Crippen LogP contribution in [0.5, 0.6) is 0 Å². The predicted octanol–water partition coefficient (Wildman–Crippen LogP) is -0.350. The average molecular weight is 243 g/mol. The Hall–Kier alpha value is -1.47. The molecule has 1 atom stereocenters. The average Bonchev–Trinajstić information content (AvgIpc) is 2.78. The van der Waals surface area contributed by atoms with Gasteiger partial charge in [0, 0.05) is 11.6 Å². The molecule has 0 saturated carbocycles. The minimum atomic E-state index is -1.28. The van der Waals surface area contributed by atoms with Gasteiger partial charge in [0.05, 0.1) is 13.2 Å². The van der Waals surface area contributed by atoms with E-state index in [9.17, 15) is 9.59 Å². The molecule has 6 nitrogen and oxygen atoms in total. The molecule has 1 heterocycles. The van der Waals surface area contributed by atoms with Gasteiger partial charge in [-0.05, 0) is 6.92 Å². The van der Waals surface area contributed by atoms with E-state index in [1.165, 1.54) is 11.3 Å². The van der Waals surface area contributed by atoms with E-state index >= 15 is 0 Å². The lowest BCUT2D eigenvalue weighted by molar-refractivity contribution is -0.148. The van der Waals surface area contributed by atoms with Crippen LogP contribution in [0.2, 0.25) is 0 Å². The number of hydrogen-bond donors (Lipinski definition) is 2. The van der Waals surface area contributed by atoms with E-state index in [0.717, 1.165) is 5.01 Å². The smallest absolute Gasteiger partial charge is 0.332 e. The highest BCUT2D eigenvalue weighted by atomic mass is 32.1. The number of nitrogens with zero attached hydrogens (tertiary/aromatic N) is 1. The van der Waals surface area contributed by atoms with Crippen LogP contribution in [0.15, 0.2) is 11.6 Å². The van der Waals surface area contributed by atoms with Crippen LogP contribution in [0, 0.1) is 0 Å². The second-order valence-electron chi connectivity index (χ2n) is 2.87. The maximum Gasteiger partial charge on any atom is 0.332 e. The van der Waals surface area contributed by atoms with Crippen LogP contribution in [-0.4, -0.2) is 29.5 Å². The molecule has 0 saturated heterocycles. The second-order valence-corrected chi connectivity index (χ2v) is 3.85. The molecule has 7 heteroatoms. The molecule has 88 valence electrons. The van der Waals surface area contributed by atoms with Crippen LogP contribution in [0.4, 0.5) is 0 Å². The fourth-order valence-electron chi connectivity index (χ4n) is 0.952. The minimum Gasteiger partial charge on any atom is -0.464 e. The lowest BCUT2D eigenvalue weighted by Crippen LogP contribution is -2.46. The van der Waals surface area contributed by atoms with E-state index in [1.54, 1.807) is 18.5 Å².